The summed E-state index contributed by atoms with van der Waals surface area (Å²) in [5, 5.41) is 10.3. The minimum atomic E-state index is 0.493. The molecule has 1 heterocycles. The molecule has 0 aliphatic heterocycles. The van der Waals surface area contributed by atoms with E-state index >= 15 is 0 Å². The number of rotatable bonds is 4. The molecule has 0 saturated heterocycles. The van der Waals surface area contributed by atoms with Crippen LogP contribution in [0.25, 0.3) is 33.3 Å². The SMILES string of the molecule is N#CCCn1c(-c2ccccc2)c(-c2ccccc2)c2ccccc21. The summed E-state index contributed by atoms with van der Waals surface area (Å²) in [7, 11) is 0. The number of nitriles is 1. The summed E-state index contributed by atoms with van der Waals surface area (Å²) < 4.78 is 2.29. The van der Waals surface area contributed by atoms with Crippen molar-refractivity contribution in [1.82, 2.24) is 4.57 Å². The van der Waals surface area contributed by atoms with Gasteiger partial charge in [-0.3, -0.25) is 0 Å². The number of hydrogen-bond acceptors (Lipinski definition) is 1. The van der Waals surface area contributed by atoms with Gasteiger partial charge >= 0.3 is 0 Å². The Morgan fingerprint density at radius 2 is 1.32 bits per heavy atom. The first-order valence-corrected chi connectivity index (χ1v) is 8.49. The maximum Gasteiger partial charge on any atom is 0.0640 e. The van der Waals surface area contributed by atoms with E-state index < -0.39 is 0 Å². The molecule has 0 unspecified atom stereocenters. The van der Waals surface area contributed by atoms with Gasteiger partial charge in [0.15, 0.2) is 0 Å². The zero-order valence-corrected chi connectivity index (χ0v) is 13.9. The Bertz CT molecular complexity index is 1040. The Morgan fingerprint density at radius 1 is 0.720 bits per heavy atom. The molecule has 0 aliphatic rings. The summed E-state index contributed by atoms with van der Waals surface area (Å²) in [5.74, 6) is 0. The highest BCUT2D eigenvalue weighted by molar-refractivity contribution is 6.04. The number of aromatic nitrogens is 1. The molecule has 0 radical (unpaired) electrons. The second-order valence-electron chi connectivity index (χ2n) is 6.03. The van der Waals surface area contributed by atoms with E-state index in [2.05, 4.69) is 83.4 Å². The number of para-hydroxylation sites is 1. The van der Waals surface area contributed by atoms with E-state index in [-0.39, 0.29) is 0 Å². The van der Waals surface area contributed by atoms with Gasteiger partial charge in [-0.05, 0) is 17.2 Å². The van der Waals surface area contributed by atoms with Crippen molar-refractivity contribution in [3.8, 4) is 28.5 Å². The molecule has 0 fully saturated rings. The Morgan fingerprint density at radius 3 is 2.00 bits per heavy atom. The van der Waals surface area contributed by atoms with E-state index in [1.54, 1.807) is 0 Å². The molecule has 0 N–H and O–H groups in total. The Balaban J connectivity index is 2.10. The molecule has 0 aliphatic carbocycles. The van der Waals surface area contributed by atoms with Crippen LogP contribution in [0.1, 0.15) is 6.42 Å². The monoisotopic (exact) mass is 322 g/mol. The van der Waals surface area contributed by atoms with E-state index in [1.807, 2.05) is 12.1 Å². The van der Waals surface area contributed by atoms with Crippen molar-refractivity contribution < 1.29 is 0 Å². The molecule has 0 bridgehead atoms. The molecule has 4 aromatic rings. The van der Waals surface area contributed by atoms with Crippen molar-refractivity contribution in [2.45, 2.75) is 13.0 Å². The third-order valence-corrected chi connectivity index (χ3v) is 4.53. The molecule has 3 aromatic carbocycles. The van der Waals surface area contributed by atoms with Crippen LogP contribution in [0.5, 0.6) is 0 Å². The molecular formula is C23H18N2. The summed E-state index contributed by atoms with van der Waals surface area (Å²) in [6.07, 6.45) is 0.493. The maximum atomic E-state index is 9.12. The number of nitrogens with zero attached hydrogens (tertiary/aromatic N) is 2. The van der Waals surface area contributed by atoms with Gasteiger partial charge in [0.05, 0.1) is 18.2 Å². The lowest BCUT2D eigenvalue weighted by atomic mass is 9.98. The molecular weight excluding hydrogens is 304 g/mol. The standard InChI is InChI=1S/C23H18N2/c24-16-9-17-25-21-15-8-7-14-20(21)22(18-10-3-1-4-11-18)23(25)19-12-5-2-6-13-19/h1-8,10-15H,9,17H2. The van der Waals surface area contributed by atoms with Crippen LogP contribution in [0.15, 0.2) is 84.9 Å². The van der Waals surface area contributed by atoms with Crippen LogP contribution in [0.3, 0.4) is 0 Å². The van der Waals surface area contributed by atoms with Gasteiger partial charge in [0.1, 0.15) is 0 Å². The van der Waals surface area contributed by atoms with Gasteiger partial charge in [0, 0.05) is 23.0 Å². The van der Waals surface area contributed by atoms with Crippen LogP contribution in [0.4, 0.5) is 0 Å². The molecule has 0 saturated carbocycles. The van der Waals surface area contributed by atoms with Crippen molar-refractivity contribution in [2.75, 3.05) is 0 Å². The van der Waals surface area contributed by atoms with E-state index in [0.717, 1.165) is 0 Å². The Labute approximate surface area is 147 Å². The first-order valence-electron chi connectivity index (χ1n) is 8.49. The van der Waals surface area contributed by atoms with Crippen LogP contribution in [0, 0.1) is 11.3 Å². The van der Waals surface area contributed by atoms with Crippen LogP contribution >= 0.6 is 0 Å². The quantitative estimate of drug-likeness (QED) is 0.460. The third-order valence-electron chi connectivity index (χ3n) is 4.53. The van der Waals surface area contributed by atoms with Crippen molar-refractivity contribution in [3.05, 3.63) is 84.9 Å². The van der Waals surface area contributed by atoms with Crippen molar-refractivity contribution in [1.29, 1.82) is 5.26 Å². The predicted molar refractivity (Wildman–Crippen MR) is 103 cm³/mol. The fourth-order valence-electron chi connectivity index (χ4n) is 3.49. The highest BCUT2D eigenvalue weighted by Gasteiger charge is 2.19. The lowest BCUT2D eigenvalue weighted by molar-refractivity contribution is 0.751. The lowest BCUT2D eigenvalue weighted by Gasteiger charge is -2.11. The van der Waals surface area contributed by atoms with Crippen LogP contribution in [-0.4, -0.2) is 4.57 Å². The highest BCUT2D eigenvalue weighted by Crippen LogP contribution is 2.40. The smallest absolute Gasteiger partial charge is 0.0640 e. The molecule has 120 valence electrons. The summed E-state index contributed by atoms with van der Waals surface area (Å²) in [5.41, 5.74) is 5.97. The molecule has 2 nitrogen and oxygen atoms in total. The molecule has 1 aromatic heterocycles. The van der Waals surface area contributed by atoms with Gasteiger partial charge < -0.3 is 4.57 Å². The van der Waals surface area contributed by atoms with Crippen LogP contribution in [-0.2, 0) is 6.54 Å². The average molecular weight is 322 g/mol. The normalized spacial score (nSPS) is 10.7. The molecule has 0 amide bonds. The lowest BCUT2D eigenvalue weighted by Crippen LogP contribution is -2.00. The fourth-order valence-corrected chi connectivity index (χ4v) is 3.49. The van der Waals surface area contributed by atoms with Gasteiger partial charge in [-0.15, -0.1) is 0 Å². The van der Waals surface area contributed by atoms with Gasteiger partial charge in [0.25, 0.3) is 0 Å². The van der Waals surface area contributed by atoms with E-state index in [0.29, 0.717) is 13.0 Å². The highest BCUT2D eigenvalue weighted by atomic mass is 15.0. The maximum absolute atomic E-state index is 9.12. The third kappa shape index (κ3) is 2.70. The van der Waals surface area contributed by atoms with Gasteiger partial charge in [-0.1, -0.05) is 78.9 Å². The Hall–Kier alpha value is -3.31. The summed E-state index contributed by atoms with van der Waals surface area (Å²) in [6.45, 7) is 0.689. The second-order valence-corrected chi connectivity index (χ2v) is 6.03. The zero-order chi connectivity index (χ0) is 17.1. The minimum Gasteiger partial charge on any atom is -0.339 e. The first-order chi connectivity index (χ1) is 12.4. The largest absolute Gasteiger partial charge is 0.339 e. The Kier molecular flexibility index (Phi) is 4.06. The minimum absolute atomic E-state index is 0.493. The number of aryl methyl sites for hydroxylation is 1. The van der Waals surface area contributed by atoms with Crippen molar-refractivity contribution >= 4 is 10.9 Å². The molecule has 0 atom stereocenters. The van der Waals surface area contributed by atoms with Crippen LogP contribution in [0.2, 0.25) is 0 Å². The average Bonchev–Trinajstić information content (AvgIpc) is 3.02. The topological polar surface area (TPSA) is 28.7 Å². The number of hydrogen-bond donors (Lipinski definition) is 0. The summed E-state index contributed by atoms with van der Waals surface area (Å²) in [4.78, 5) is 0. The predicted octanol–water partition coefficient (Wildman–Crippen LogP) is 5.89. The van der Waals surface area contributed by atoms with Crippen molar-refractivity contribution in [3.63, 3.8) is 0 Å². The fraction of sp³-hybridized carbons (Fsp3) is 0.0870. The molecule has 4 rings (SSSR count). The molecule has 0 spiro atoms. The number of benzene rings is 3. The van der Waals surface area contributed by atoms with Gasteiger partial charge in [0.2, 0.25) is 0 Å². The summed E-state index contributed by atoms with van der Waals surface area (Å²) >= 11 is 0. The summed E-state index contributed by atoms with van der Waals surface area (Å²) in [6, 6.07) is 31.7. The van der Waals surface area contributed by atoms with Gasteiger partial charge in [-0.2, -0.15) is 5.26 Å². The van der Waals surface area contributed by atoms with E-state index in [1.165, 1.54) is 33.3 Å². The second kappa shape index (κ2) is 6.67. The van der Waals surface area contributed by atoms with E-state index in [4.69, 9.17) is 5.26 Å². The zero-order valence-electron chi connectivity index (χ0n) is 13.9. The first kappa shape index (κ1) is 15.2. The number of fused-ring (bicyclic) bond motifs is 1. The molecule has 25 heavy (non-hydrogen) atoms. The molecule has 2 heteroatoms. The van der Waals surface area contributed by atoms with Crippen LogP contribution < -0.4 is 0 Å². The van der Waals surface area contributed by atoms with Gasteiger partial charge in [-0.25, -0.2) is 0 Å². The van der Waals surface area contributed by atoms with E-state index in [9.17, 15) is 0 Å². The van der Waals surface area contributed by atoms with Crippen molar-refractivity contribution in [2.24, 2.45) is 0 Å².